The number of carbonyl (C=O) groups is 3. The number of hydrogen-bond donors (Lipinski definition) is 2. The zero-order valence-corrected chi connectivity index (χ0v) is 23.4. The molecular formula is C29H53NO6. The van der Waals surface area contributed by atoms with Crippen LogP contribution in [0.15, 0.2) is 12.2 Å². The SMILES string of the molecule is CCCCCCCC/C=C/CCCCCCC[N+](C(CC)C(=O)[O-])(C(CC)C(=O)O)C(CC)C(=O)O. The van der Waals surface area contributed by atoms with E-state index in [0.29, 0.717) is 6.42 Å². The van der Waals surface area contributed by atoms with Crippen LogP contribution in [0.1, 0.15) is 130 Å². The molecule has 0 aromatic rings. The van der Waals surface area contributed by atoms with Gasteiger partial charge in [0.25, 0.3) is 0 Å². The second kappa shape index (κ2) is 20.2. The van der Waals surface area contributed by atoms with E-state index in [0.717, 1.165) is 38.5 Å². The van der Waals surface area contributed by atoms with E-state index in [1.807, 2.05) is 0 Å². The van der Waals surface area contributed by atoms with E-state index in [9.17, 15) is 29.7 Å². The zero-order valence-electron chi connectivity index (χ0n) is 23.4. The van der Waals surface area contributed by atoms with E-state index in [1.54, 1.807) is 20.8 Å². The number of carbonyl (C=O) groups excluding carboxylic acids is 1. The molecule has 3 atom stereocenters. The summed E-state index contributed by atoms with van der Waals surface area (Å²) < 4.78 is -0.475. The summed E-state index contributed by atoms with van der Waals surface area (Å²) in [5.74, 6) is -3.67. The summed E-state index contributed by atoms with van der Waals surface area (Å²) in [5.41, 5.74) is 0. The Morgan fingerprint density at radius 3 is 1.39 bits per heavy atom. The van der Waals surface area contributed by atoms with E-state index in [-0.39, 0.29) is 25.8 Å². The summed E-state index contributed by atoms with van der Waals surface area (Å²) in [6.45, 7) is 7.47. The molecule has 0 aliphatic rings. The molecule has 7 nitrogen and oxygen atoms in total. The number of hydrogen-bond acceptors (Lipinski definition) is 4. The third-order valence-corrected chi connectivity index (χ3v) is 7.55. The molecule has 0 aliphatic carbocycles. The fourth-order valence-corrected chi connectivity index (χ4v) is 5.72. The van der Waals surface area contributed by atoms with Crippen LogP contribution in [-0.2, 0) is 14.4 Å². The molecule has 0 bridgehead atoms. The van der Waals surface area contributed by atoms with Gasteiger partial charge in [-0.3, -0.25) is 4.48 Å². The molecule has 2 N–H and O–H groups in total. The lowest BCUT2D eigenvalue weighted by molar-refractivity contribution is -0.974. The van der Waals surface area contributed by atoms with Crippen molar-refractivity contribution >= 4 is 17.9 Å². The first-order valence-electron chi connectivity index (χ1n) is 14.4. The van der Waals surface area contributed by atoms with Gasteiger partial charge in [-0.1, -0.05) is 84.8 Å². The lowest BCUT2D eigenvalue weighted by Crippen LogP contribution is -2.73. The number of carboxylic acid groups (broad SMARTS) is 3. The van der Waals surface area contributed by atoms with Gasteiger partial charge in [0, 0.05) is 19.3 Å². The van der Waals surface area contributed by atoms with Gasteiger partial charge >= 0.3 is 11.9 Å². The Morgan fingerprint density at radius 2 is 1.03 bits per heavy atom. The molecule has 3 unspecified atom stereocenters. The van der Waals surface area contributed by atoms with Gasteiger partial charge < -0.3 is 20.1 Å². The van der Waals surface area contributed by atoms with Crippen molar-refractivity contribution in [3.8, 4) is 0 Å². The first-order chi connectivity index (χ1) is 17.2. The average molecular weight is 512 g/mol. The molecule has 0 aliphatic heterocycles. The normalized spacial score (nSPS) is 15.9. The lowest BCUT2D eigenvalue weighted by Gasteiger charge is -2.51. The van der Waals surface area contributed by atoms with Crippen LogP contribution in [0.5, 0.6) is 0 Å². The zero-order chi connectivity index (χ0) is 27.4. The number of aliphatic carboxylic acids is 3. The van der Waals surface area contributed by atoms with Gasteiger partial charge in [-0.2, -0.15) is 0 Å². The molecule has 0 aromatic carbocycles. The number of carboxylic acids is 3. The molecule has 0 heterocycles. The average Bonchev–Trinajstić information content (AvgIpc) is 2.82. The van der Waals surface area contributed by atoms with Gasteiger partial charge in [0.05, 0.1) is 12.5 Å². The molecule has 0 spiro atoms. The van der Waals surface area contributed by atoms with Crippen LogP contribution < -0.4 is 5.11 Å². The van der Waals surface area contributed by atoms with Gasteiger partial charge in [0.1, 0.15) is 6.04 Å². The maximum Gasteiger partial charge on any atom is 0.362 e. The Hall–Kier alpha value is -1.89. The number of quaternary nitrogens is 1. The summed E-state index contributed by atoms with van der Waals surface area (Å²) in [6.07, 6.45) is 19.5. The van der Waals surface area contributed by atoms with E-state index in [1.165, 1.54) is 38.5 Å². The van der Waals surface area contributed by atoms with E-state index >= 15 is 0 Å². The Labute approximate surface area is 219 Å². The van der Waals surface area contributed by atoms with Crippen molar-refractivity contribution in [1.82, 2.24) is 0 Å². The van der Waals surface area contributed by atoms with Crippen LogP contribution in [0, 0.1) is 0 Å². The summed E-state index contributed by atoms with van der Waals surface area (Å²) in [5, 5.41) is 32.0. The van der Waals surface area contributed by atoms with Gasteiger partial charge in [0.2, 0.25) is 0 Å². The lowest BCUT2D eigenvalue weighted by atomic mass is 9.94. The quantitative estimate of drug-likeness (QED) is 0.0975. The van der Waals surface area contributed by atoms with Crippen molar-refractivity contribution in [2.24, 2.45) is 0 Å². The second-order valence-electron chi connectivity index (χ2n) is 10.1. The number of nitrogens with zero attached hydrogens (tertiary/aromatic N) is 1. The van der Waals surface area contributed by atoms with Gasteiger partial charge in [-0.15, -0.1) is 0 Å². The van der Waals surface area contributed by atoms with Crippen molar-refractivity contribution in [2.45, 2.75) is 149 Å². The van der Waals surface area contributed by atoms with Crippen LogP contribution in [0.25, 0.3) is 0 Å². The molecule has 0 saturated heterocycles. The minimum absolute atomic E-state index is 0.126. The van der Waals surface area contributed by atoms with E-state index < -0.39 is 40.5 Å². The van der Waals surface area contributed by atoms with Crippen molar-refractivity contribution in [1.29, 1.82) is 0 Å². The Balaban J connectivity index is 4.90. The van der Waals surface area contributed by atoms with Gasteiger partial charge in [0.15, 0.2) is 12.1 Å². The number of rotatable bonds is 24. The summed E-state index contributed by atoms with van der Waals surface area (Å²) in [6, 6.07) is -3.39. The van der Waals surface area contributed by atoms with Crippen LogP contribution >= 0.6 is 0 Å². The predicted octanol–water partition coefficient (Wildman–Crippen LogP) is 5.71. The highest BCUT2D eigenvalue weighted by atomic mass is 16.4. The number of unbranched alkanes of at least 4 members (excludes halogenated alkanes) is 11. The van der Waals surface area contributed by atoms with Crippen LogP contribution in [0.2, 0.25) is 0 Å². The molecule has 210 valence electrons. The second-order valence-corrected chi connectivity index (χ2v) is 10.1. The first kappa shape index (κ1) is 34.1. The Kier molecular flexibility index (Phi) is 19.1. The maximum absolute atomic E-state index is 12.2. The van der Waals surface area contributed by atoms with Gasteiger partial charge in [-0.05, 0) is 38.5 Å². The summed E-state index contributed by atoms with van der Waals surface area (Å²) in [4.78, 5) is 36.5. The Bertz CT molecular complexity index is 593. The minimum Gasteiger partial charge on any atom is -0.544 e. The third kappa shape index (κ3) is 11.4. The highest BCUT2D eigenvalue weighted by molar-refractivity contribution is 5.77. The van der Waals surface area contributed by atoms with E-state index in [4.69, 9.17) is 0 Å². The molecule has 7 heteroatoms. The summed E-state index contributed by atoms with van der Waals surface area (Å²) in [7, 11) is 0. The van der Waals surface area contributed by atoms with Crippen LogP contribution in [0.4, 0.5) is 0 Å². The minimum atomic E-state index is -1.37. The predicted molar refractivity (Wildman–Crippen MR) is 142 cm³/mol. The molecule has 0 amide bonds. The Morgan fingerprint density at radius 1 is 0.639 bits per heavy atom. The number of allylic oxidation sites excluding steroid dienone is 2. The van der Waals surface area contributed by atoms with Gasteiger partial charge in [-0.25, -0.2) is 9.59 Å². The largest absolute Gasteiger partial charge is 0.544 e. The molecule has 0 radical (unpaired) electrons. The fourth-order valence-electron chi connectivity index (χ4n) is 5.72. The molecule has 0 fully saturated rings. The highest BCUT2D eigenvalue weighted by Crippen LogP contribution is 2.32. The van der Waals surface area contributed by atoms with Crippen LogP contribution in [-0.4, -0.2) is 57.3 Å². The first-order valence-corrected chi connectivity index (χ1v) is 14.4. The molecule has 0 saturated carbocycles. The monoisotopic (exact) mass is 511 g/mol. The fraction of sp³-hybridized carbons (Fsp3) is 0.828. The third-order valence-electron chi connectivity index (χ3n) is 7.55. The topological polar surface area (TPSA) is 115 Å². The highest BCUT2D eigenvalue weighted by Gasteiger charge is 2.53. The van der Waals surface area contributed by atoms with Crippen LogP contribution in [0.3, 0.4) is 0 Å². The summed E-state index contributed by atoms with van der Waals surface area (Å²) >= 11 is 0. The van der Waals surface area contributed by atoms with E-state index in [2.05, 4.69) is 19.1 Å². The van der Waals surface area contributed by atoms with Crippen molar-refractivity contribution in [3.63, 3.8) is 0 Å². The molecule has 36 heavy (non-hydrogen) atoms. The van der Waals surface area contributed by atoms with Crippen molar-refractivity contribution in [2.75, 3.05) is 6.54 Å². The molecule has 0 aromatic heterocycles. The van der Waals surface area contributed by atoms with Crippen molar-refractivity contribution < 1.29 is 34.2 Å². The molecular weight excluding hydrogens is 458 g/mol. The van der Waals surface area contributed by atoms with Crippen molar-refractivity contribution in [3.05, 3.63) is 12.2 Å². The smallest absolute Gasteiger partial charge is 0.362 e. The molecule has 0 rings (SSSR count). The maximum atomic E-state index is 12.2. The standard InChI is InChI=1S/C29H53NO6/c1-5-9-10-11-12-13-14-15-16-17-18-19-20-21-22-23-30(24(6-2)27(31)32,25(7-3)28(33)34)26(8-4)29(35)36/h15-16,24-26H,5-14,17-23H2,1-4H3,(H2-,31,32,33,34,35,36)/b16-15+.